The number of ether oxygens (including phenoxy) is 2. The van der Waals surface area contributed by atoms with E-state index in [-0.39, 0.29) is 42.1 Å². The molecule has 0 N–H and O–H groups in total. The van der Waals surface area contributed by atoms with Crippen LogP contribution in [0, 0.1) is 27.2 Å². The lowest BCUT2D eigenvalue weighted by Gasteiger charge is -2.13. The number of allylic oxidation sites excluding steroid dienone is 2. The molecule has 2 aliphatic carbocycles. The van der Waals surface area contributed by atoms with Gasteiger partial charge in [0, 0.05) is 0 Å². The first-order valence-corrected chi connectivity index (χ1v) is 10.3. The molecule has 3 aliphatic rings. The first-order chi connectivity index (χ1) is 13.5. The molecule has 1 aromatic rings. The number of nitrogens with zero attached hydrogens (tertiary/aromatic N) is 2. The summed E-state index contributed by atoms with van der Waals surface area (Å²) in [5, 5.41) is 5.19. The number of carbonyl (C=O) groups excluding carboxylic acids is 3. The van der Waals surface area contributed by atoms with Crippen molar-refractivity contribution in [3.05, 3.63) is 39.5 Å². The third kappa shape index (κ3) is 3.34. The molecule has 1 aromatic carbocycles. The van der Waals surface area contributed by atoms with Gasteiger partial charge in [-0.15, -0.1) is 0 Å². The van der Waals surface area contributed by atoms with E-state index in [1.165, 1.54) is 6.21 Å². The molecule has 4 atom stereocenters. The molecule has 1 saturated heterocycles. The quantitative estimate of drug-likeness (QED) is 0.199. The van der Waals surface area contributed by atoms with E-state index in [0.717, 1.165) is 20.6 Å². The fourth-order valence-corrected chi connectivity index (χ4v) is 4.87. The van der Waals surface area contributed by atoms with Crippen molar-refractivity contribution in [3.63, 3.8) is 0 Å². The molecule has 28 heavy (non-hydrogen) atoms. The summed E-state index contributed by atoms with van der Waals surface area (Å²) in [4.78, 5) is 36.6. The normalized spacial score (nSPS) is 27.7. The summed E-state index contributed by atoms with van der Waals surface area (Å²) < 4.78 is 11.1. The summed E-state index contributed by atoms with van der Waals surface area (Å²) in [7, 11) is 0. The Hall–Kier alpha value is -2.23. The van der Waals surface area contributed by atoms with Crippen LogP contribution in [0.15, 0.2) is 35.5 Å². The van der Waals surface area contributed by atoms with Crippen molar-refractivity contribution in [1.29, 1.82) is 0 Å². The fraction of sp³-hybridized carbons (Fsp3) is 0.400. The Morgan fingerprint density at radius 3 is 2.54 bits per heavy atom. The van der Waals surface area contributed by atoms with Gasteiger partial charge in [-0.05, 0) is 71.5 Å². The van der Waals surface area contributed by atoms with Crippen LogP contribution in [0.2, 0.25) is 0 Å². The lowest BCUT2D eigenvalue weighted by Crippen LogP contribution is -2.28. The van der Waals surface area contributed by atoms with Crippen molar-refractivity contribution in [2.45, 2.75) is 13.3 Å². The Bertz CT molecular complexity index is 867. The smallest absolute Gasteiger partial charge is 0.344 e. The fourth-order valence-electron chi connectivity index (χ4n) is 4.18. The Morgan fingerprint density at radius 1 is 1.25 bits per heavy atom. The number of carbonyl (C=O) groups is 3. The van der Waals surface area contributed by atoms with E-state index in [0.29, 0.717) is 12.4 Å². The van der Waals surface area contributed by atoms with Crippen LogP contribution in [-0.2, 0) is 19.1 Å². The number of rotatable bonds is 6. The molecule has 0 radical (unpaired) electrons. The van der Waals surface area contributed by atoms with Crippen LogP contribution in [0.4, 0.5) is 0 Å². The summed E-state index contributed by atoms with van der Waals surface area (Å²) in [6.45, 7) is 1.88. The Labute approximate surface area is 175 Å². The first-order valence-electron chi connectivity index (χ1n) is 9.17. The number of amides is 2. The molecule has 1 aliphatic heterocycles. The highest BCUT2D eigenvalue weighted by Gasteiger charge is 2.59. The van der Waals surface area contributed by atoms with Gasteiger partial charge in [-0.3, -0.25) is 9.59 Å². The van der Waals surface area contributed by atoms with Gasteiger partial charge in [0.2, 0.25) is 0 Å². The van der Waals surface area contributed by atoms with Crippen molar-refractivity contribution < 1.29 is 23.9 Å². The summed E-state index contributed by atoms with van der Waals surface area (Å²) in [5.41, 5.74) is 0.728. The number of hydrogen-bond acceptors (Lipinski definition) is 6. The molecule has 146 valence electrons. The monoisotopic (exact) mass is 494 g/mol. The lowest BCUT2D eigenvalue weighted by molar-refractivity contribution is -0.145. The second-order valence-electron chi connectivity index (χ2n) is 7.02. The summed E-state index contributed by atoms with van der Waals surface area (Å²) in [5.74, 6) is -0.441. The largest absolute Gasteiger partial charge is 0.481 e. The van der Waals surface area contributed by atoms with Crippen LogP contribution in [0.3, 0.4) is 0 Å². The molecule has 2 bridgehead atoms. The molecule has 2 fully saturated rings. The topological polar surface area (TPSA) is 85.3 Å². The van der Waals surface area contributed by atoms with Crippen LogP contribution in [-0.4, -0.2) is 42.2 Å². The number of hydrazone groups is 1. The van der Waals surface area contributed by atoms with Crippen LogP contribution in [0.5, 0.6) is 5.75 Å². The maximum absolute atomic E-state index is 12.6. The third-order valence-corrected chi connectivity index (χ3v) is 6.22. The number of benzene rings is 1. The van der Waals surface area contributed by atoms with Crippen LogP contribution >= 0.6 is 22.6 Å². The van der Waals surface area contributed by atoms with E-state index in [1.54, 1.807) is 19.1 Å². The van der Waals surface area contributed by atoms with Gasteiger partial charge in [0.15, 0.2) is 6.61 Å². The molecular weight excluding hydrogens is 475 g/mol. The highest BCUT2D eigenvalue weighted by atomic mass is 127. The average Bonchev–Trinajstić information content (AvgIpc) is 3.34. The third-order valence-electron chi connectivity index (χ3n) is 5.38. The van der Waals surface area contributed by atoms with Gasteiger partial charge in [-0.1, -0.05) is 12.2 Å². The van der Waals surface area contributed by atoms with Gasteiger partial charge < -0.3 is 9.47 Å². The van der Waals surface area contributed by atoms with Crippen molar-refractivity contribution >= 4 is 46.6 Å². The van der Waals surface area contributed by atoms with Gasteiger partial charge in [-0.2, -0.15) is 10.1 Å². The van der Waals surface area contributed by atoms with Crippen molar-refractivity contribution in [3.8, 4) is 5.75 Å². The zero-order valence-corrected chi connectivity index (χ0v) is 17.4. The van der Waals surface area contributed by atoms with Crippen molar-refractivity contribution in [2.75, 3.05) is 13.2 Å². The highest BCUT2D eigenvalue weighted by molar-refractivity contribution is 14.1. The summed E-state index contributed by atoms with van der Waals surface area (Å²) >= 11 is 2.09. The van der Waals surface area contributed by atoms with E-state index in [9.17, 15) is 14.4 Å². The molecule has 1 heterocycles. The second-order valence-corrected chi connectivity index (χ2v) is 8.18. The molecule has 7 nitrogen and oxygen atoms in total. The Kier molecular flexibility index (Phi) is 5.22. The first kappa shape index (κ1) is 19.1. The zero-order chi connectivity index (χ0) is 19.8. The second kappa shape index (κ2) is 7.65. The molecule has 2 amide bonds. The van der Waals surface area contributed by atoms with Crippen molar-refractivity contribution in [2.24, 2.45) is 28.8 Å². The van der Waals surface area contributed by atoms with E-state index in [2.05, 4.69) is 39.8 Å². The lowest BCUT2D eigenvalue weighted by atomic mass is 9.85. The number of fused-ring (bicyclic) bond motifs is 5. The standard InChI is InChI=1S/C20H19IN2O5/c1-2-27-16(24)10-28-15-6-3-11(7-14(15)21)9-22-23-19(25)17-12-4-5-13(8-12)18(17)20(23)26/h3-7,9,12-13,17-18H,2,8,10H2,1H3. The number of imide groups is 1. The van der Waals surface area contributed by atoms with Crippen molar-refractivity contribution in [1.82, 2.24) is 5.01 Å². The maximum Gasteiger partial charge on any atom is 0.344 e. The van der Waals surface area contributed by atoms with Gasteiger partial charge in [0.25, 0.3) is 11.8 Å². The molecule has 0 aromatic heterocycles. The minimum Gasteiger partial charge on any atom is -0.481 e. The summed E-state index contributed by atoms with van der Waals surface area (Å²) in [6, 6.07) is 5.28. The minimum absolute atomic E-state index is 0.160. The summed E-state index contributed by atoms with van der Waals surface area (Å²) in [6.07, 6.45) is 6.52. The van der Waals surface area contributed by atoms with E-state index in [4.69, 9.17) is 9.47 Å². The highest BCUT2D eigenvalue weighted by Crippen LogP contribution is 2.52. The average molecular weight is 494 g/mol. The predicted octanol–water partition coefficient (Wildman–Crippen LogP) is 2.37. The molecule has 8 heteroatoms. The molecular formula is C20H19IN2O5. The molecule has 4 unspecified atom stereocenters. The van der Waals surface area contributed by atoms with Crippen LogP contribution < -0.4 is 4.74 Å². The molecule has 0 spiro atoms. The van der Waals surface area contributed by atoms with Gasteiger partial charge in [0.05, 0.1) is 28.2 Å². The minimum atomic E-state index is -0.427. The maximum atomic E-state index is 12.6. The van der Waals surface area contributed by atoms with Gasteiger partial charge in [-0.25, -0.2) is 4.79 Å². The number of halogens is 1. The zero-order valence-electron chi connectivity index (χ0n) is 15.2. The van der Waals surface area contributed by atoms with Gasteiger partial charge in [0.1, 0.15) is 5.75 Å². The van der Waals surface area contributed by atoms with Gasteiger partial charge >= 0.3 is 5.97 Å². The van der Waals surface area contributed by atoms with Crippen LogP contribution in [0.1, 0.15) is 18.9 Å². The SMILES string of the molecule is CCOC(=O)COc1ccc(C=NN2C(=O)C3C4C=CC(C4)C3C2=O)cc1I. The molecule has 1 saturated carbocycles. The predicted molar refractivity (Wildman–Crippen MR) is 108 cm³/mol. The van der Waals surface area contributed by atoms with Crippen LogP contribution in [0.25, 0.3) is 0 Å². The van der Waals surface area contributed by atoms with E-state index < -0.39 is 5.97 Å². The van der Waals surface area contributed by atoms with E-state index in [1.807, 2.05) is 6.07 Å². The Morgan fingerprint density at radius 2 is 1.93 bits per heavy atom. The van der Waals surface area contributed by atoms with E-state index >= 15 is 0 Å². The Balaban J connectivity index is 1.43. The number of esters is 1. The molecule has 4 rings (SSSR count). The number of hydrogen-bond donors (Lipinski definition) is 0.